The molecule has 0 unspecified atom stereocenters. The number of hydrogen-bond donors (Lipinski definition) is 1. The number of halogens is 3. The van der Waals surface area contributed by atoms with E-state index < -0.39 is 34.4 Å². The van der Waals surface area contributed by atoms with Crippen molar-refractivity contribution in [3.8, 4) is 5.75 Å². The third-order valence-corrected chi connectivity index (χ3v) is 10.2. The molecule has 2 amide bonds. The normalized spacial score (nSPS) is 12.0. The first-order valence-electron chi connectivity index (χ1n) is 14.8. The van der Waals surface area contributed by atoms with Gasteiger partial charge in [-0.2, -0.15) is 0 Å². The van der Waals surface area contributed by atoms with E-state index in [4.69, 9.17) is 39.5 Å². The number of carbonyl (C=O) groups excluding carboxylic acids is 2. The van der Waals surface area contributed by atoms with Gasteiger partial charge in [0.15, 0.2) is 0 Å². The minimum atomic E-state index is -4.32. The highest BCUT2D eigenvalue weighted by Crippen LogP contribution is 2.33. The molecule has 0 saturated carbocycles. The number of amides is 2. The molecule has 0 fully saturated rings. The van der Waals surface area contributed by atoms with Crippen LogP contribution in [0.4, 0.5) is 5.69 Å². The van der Waals surface area contributed by atoms with Crippen LogP contribution in [0.5, 0.6) is 5.75 Å². The van der Waals surface area contributed by atoms with Crippen molar-refractivity contribution < 1.29 is 22.7 Å². The topological polar surface area (TPSA) is 96.0 Å². The molecule has 1 atom stereocenters. The summed E-state index contributed by atoms with van der Waals surface area (Å²) in [7, 11) is -2.87. The average Bonchev–Trinajstić information content (AvgIpc) is 3.03. The van der Waals surface area contributed by atoms with Gasteiger partial charge in [-0.3, -0.25) is 13.9 Å². The summed E-state index contributed by atoms with van der Waals surface area (Å²) in [6.07, 6.45) is 0.145. The number of rotatable bonds is 13. The van der Waals surface area contributed by atoms with Crippen molar-refractivity contribution in [2.24, 2.45) is 0 Å². The smallest absolute Gasteiger partial charge is 0.264 e. The summed E-state index contributed by atoms with van der Waals surface area (Å²) in [6, 6.07) is 23.7. The van der Waals surface area contributed by atoms with Crippen LogP contribution in [0.25, 0.3) is 0 Å². The fourth-order valence-electron chi connectivity index (χ4n) is 4.97. The van der Waals surface area contributed by atoms with Crippen molar-refractivity contribution in [2.45, 2.75) is 50.7 Å². The highest BCUT2D eigenvalue weighted by atomic mass is 35.5. The number of benzene rings is 4. The summed E-state index contributed by atoms with van der Waals surface area (Å²) in [5, 5.41) is 3.66. The second kappa shape index (κ2) is 15.9. The first kappa shape index (κ1) is 36.1. The van der Waals surface area contributed by atoms with Crippen LogP contribution >= 0.6 is 34.8 Å². The third kappa shape index (κ3) is 8.99. The molecule has 248 valence electrons. The highest BCUT2D eigenvalue weighted by Gasteiger charge is 2.35. The molecular weight excluding hydrogens is 681 g/mol. The largest absolute Gasteiger partial charge is 0.495 e. The van der Waals surface area contributed by atoms with E-state index >= 15 is 0 Å². The number of methoxy groups -OCH3 is 1. The molecule has 0 spiro atoms. The van der Waals surface area contributed by atoms with E-state index in [9.17, 15) is 18.0 Å². The maximum absolute atomic E-state index is 14.6. The summed E-state index contributed by atoms with van der Waals surface area (Å²) in [4.78, 5) is 29.8. The average molecular weight is 717 g/mol. The number of carbonyl (C=O) groups is 2. The second-order valence-electron chi connectivity index (χ2n) is 11.2. The molecular formula is C35H36Cl3N3O5S. The van der Waals surface area contributed by atoms with E-state index in [-0.39, 0.29) is 34.6 Å². The highest BCUT2D eigenvalue weighted by molar-refractivity contribution is 7.92. The van der Waals surface area contributed by atoms with Gasteiger partial charge in [-0.1, -0.05) is 88.9 Å². The van der Waals surface area contributed by atoms with Crippen molar-refractivity contribution in [2.75, 3.05) is 18.0 Å². The molecule has 47 heavy (non-hydrogen) atoms. The Labute approximate surface area is 291 Å². The Hall–Kier alpha value is -3.76. The zero-order valence-corrected chi connectivity index (χ0v) is 29.5. The lowest BCUT2D eigenvalue weighted by molar-refractivity contribution is -0.140. The molecule has 0 radical (unpaired) electrons. The molecule has 0 bridgehead atoms. The van der Waals surface area contributed by atoms with Crippen molar-refractivity contribution in [1.82, 2.24) is 10.2 Å². The summed E-state index contributed by atoms with van der Waals surface area (Å²) >= 11 is 19.6. The van der Waals surface area contributed by atoms with Crippen molar-refractivity contribution >= 4 is 62.3 Å². The lowest BCUT2D eigenvalue weighted by atomic mass is 10.0. The zero-order chi connectivity index (χ0) is 34.3. The van der Waals surface area contributed by atoms with Crippen molar-refractivity contribution in [1.29, 1.82) is 0 Å². The van der Waals surface area contributed by atoms with Gasteiger partial charge in [0.25, 0.3) is 10.0 Å². The maximum atomic E-state index is 14.6. The molecule has 4 aromatic carbocycles. The molecule has 12 heteroatoms. The van der Waals surface area contributed by atoms with Gasteiger partial charge in [-0.05, 0) is 68.8 Å². The SMILES string of the molecule is COc1ccc(N(CC(=O)N(Cc2c(Cl)cccc2Cl)[C@H](Cc2ccccc2)C(=O)NC(C)C)S(=O)(=O)c2ccc(C)cc2)cc1Cl. The lowest BCUT2D eigenvalue weighted by Crippen LogP contribution is -2.54. The van der Waals surface area contributed by atoms with Crippen LogP contribution in [0.1, 0.15) is 30.5 Å². The van der Waals surface area contributed by atoms with E-state index in [0.29, 0.717) is 21.4 Å². The van der Waals surface area contributed by atoms with Crippen LogP contribution in [0.2, 0.25) is 15.1 Å². The molecule has 0 aromatic heterocycles. The zero-order valence-electron chi connectivity index (χ0n) is 26.4. The lowest BCUT2D eigenvalue weighted by Gasteiger charge is -2.34. The van der Waals surface area contributed by atoms with Crippen LogP contribution < -0.4 is 14.4 Å². The van der Waals surface area contributed by atoms with Gasteiger partial charge in [0.2, 0.25) is 11.8 Å². The number of sulfonamides is 1. The number of aryl methyl sites for hydroxylation is 1. The van der Waals surface area contributed by atoms with Gasteiger partial charge in [0.1, 0.15) is 18.3 Å². The molecule has 8 nitrogen and oxygen atoms in total. The number of hydrogen-bond acceptors (Lipinski definition) is 5. The van der Waals surface area contributed by atoms with Crippen molar-refractivity contribution in [3.63, 3.8) is 0 Å². The van der Waals surface area contributed by atoms with Gasteiger partial charge in [-0.15, -0.1) is 0 Å². The summed E-state index contributed by atoms with van der Waals surface area (Å²) in [5.74, 6) is -0.748. The van der Waals surface area contributed by atoms with Gasteiger partial charge in [0, 0.05) is 34.6 Å². The summed E-state index contributed by atoms with van der Waals surface area (Å²) in [5.41, 5.74) is 2.21. The Morgan fingerprint density at radius 1 is 0.851 bits per heavy atom. The Bertz CT molecular complexity index is 1800. The quantitative estimate of drug-likeness (QED) is 0.157. The Morgan fingerprint density at radius 2 is 1.49 bits per heavy atom. The monoisotopic (exact) mass is 715 g/mol. The predicted octanol–water partition coefficient (Wildman–Crippen LogP) is 7.32. The first-order chi connectivity index (χ1) is 22.3. The Balaban J connectivity index is 1.86. The van der Waals surface area contributed by atoms with E-state index in [1.807, 2.05) is 51.1 Å². The van der Waals surface area contributed by atoms with E-state index in [0.717, 1.165) is 15.4 Å². The fraction of sp³-hybridized carbons (Fsp3) is 0.257. The maximum Gasteiger partial charge on any atom is 0.264 e. The molecule has 0 aliphatic carbocycles. The van der Waals surface area contributed by atoms with E-state index in [2.05, 4.69) is 5.32 Å². The standard InChI is InChI=1S/C35H36Cl3N3O5S/c1-23(2)39-35(43)32(19-25-9-6-5-7-10-25)40(21-28-29(36)11-8-12-30(28)37)34(42)22-41(26-15-18-33(46-4)31(38)20-26)47(44,45)27-16-13-24(3)14-17-27/h5-18,20,23,32H,19,21-22H2,1-4H3,(H,39,43)/t32-/m1/s1. The molecule has 0 aliphatic rings. The predicted molar refractivity (Wildman–Crippen MR) is 188 cm³/mol. The Kier molecular flexibility index (Phi) is 12.2. The minimum absolute atomic E-state index is 0.0260. The second-order valence-corrected chi connectivity index (χ2v) is 14.3. The van der Waals surface area contributed by atoms with Crippen LogP contribution in [0, 0.1) is 6.92 Å². The number of anilines is 1. The van der Waals surface area contributed by atoms with Crippen molar-refractivity contribution in [3.05, 3.63) is 123 Å². The first-order valence-corrected chi connectivity index (χ1v) is 17.4. The van der Waals surface area contributed by atoms with Gasteiger partial charge < -0.3 is 15.0 Å². The van der Waals surface area contributed by atoms with Crippen LogP contribution in [0.15, 0.2) is 95.9 Å². The molecule has 0 saturated heterocycles. The fourth-order valence-corrected chi connectivity index (χ4v) is 7.14. The van der Waals surface area contributed by atoms with E-state index in [1.165, 1.54) is 42.3 Å². The number of nitrogens with zero attached hydrogens (tertiary/aromatic N) is 2. The number of ether oxygens (including phenoxy) is 1. The molecule has 0 aliphatic heterocycles. The van der Waals surface area contributed by atoms with Gasteiger partial charge in [-0.25, -0.2) is 8.42 Å². The minimum Gasteiger partial charge on any atom is -0.495 e. The number of nitrogens with one attached hydrogen (secondary N) is 1. The van der Waals surface area contributed by atoms with Crippen LogP contribution in [-0.2, 0) is 32.6 Å². The van der Waals surface area contributed by atoms with Gasteiger partial charge in [0.05, 0.1) is 22.7 Å². The third-order valence-electron chi connectivity index (χ3n) is 7.40. The molecule has 4 aromatic rings. The molecule has 1 N–H and O–H groups in total. The van der Waals surface area contributed by atoms with Crippen LogP contribution in [-0.4, -0.2) is 50.9 Å². The molecule has 4 rings (SSSR count). The summed E-state index contributed by atoms with van der Waals surface area (Å²) < 4.78 is 34.7. The molecule has 0 heterocycles. The van der Waals surface area contributed by atoms with Crippen LogP contribution in [0.3, 0.4) is 0 Å². The van der Waals surface area contributed by atoms with E-state index in [1.54, 1.807) is 30.3 Å². The summed E-state index contributed by atoms with van der Waals surface area (Å²) in [6.45, 7) is 4.65. The Morgan fingerprint density at radius 3 is 2.06 bits per heavy atom. The van der Waals surface area contributed by atoms with Gasteiger partial charge >= 0.3 is 0 Å².